The molecule has 0 saturated carbocycles. The Kier molecular flexibility index (Phi) is 3.52. The second-order valence-electron chi connectivity index (χ2n) is 3.66. The number of hydrogen-bond acceptors (Lipinski definition) is 7. The van der Waals surface area contributed by atoms with Crippen LogP contribution in [-0.2, 0) is 0 Å². The molecule has 0 aliphatic carbocycles. The number of methoxy groups -OCH3 is 1. The zero-order valence-corrected chi connectivity index (χ0v) is 10.2. The third kappa shape index (κ3) is 2.82. The summed E-state index contributed by atoms with van der Waals surface area (Å²) in [7, 11) is 1.48. The number of nitrogen functional groups attached to an aromatic ring is 1. The van der Waals surface area contributed by atoms with Gasteiger partial charge in [-0.1, -0.05) is 6.07 Å². The molecule has 18 heavy (non-hydrogen) atoms. The average molecular weight is 246 g/mol. The lowest BCUT2D eigenvalue weighted by Crippen LogP contribution is -2.12. The smallest absolute Gasteiger partial charge is 0.322 e. The fourth-order valence-electron chi connectivity index (χ4n) is 1.44. The van der Waals surface area contributed by atoms with Crippen molar-refractivity contribution in [1.29, 1.82) is 0 Å². The number of anilines is 2. The van der Waals surface area contributed by atoms with Gasteiger partial charge in [-0.05, 0) is 18.6 Å². The SMILES string of the molecule is COc1nc(N)nc(NC(C)c2cccnc2)n1. The van der Waals surface area contributed by atoms with Gasteiger partial charge in [-0.3, -0.25) is 4.98 Å². The summed E-state index contributed by atoms with van der Waals surface area (Å²) in [5.41, 5.74) is 6.58. The number of ether oxygens (including phenoxy) is 1. The third-order valence-corrected chi connectivity index (χ3v) is 2.34. The first-order chi connectivity index (χ1) is 8.69. The molecular weight excluding hydrogens is 232 g/mol. The molecule has 3 N–H and O–H groups in total. The van der Waals surface area contributed by atoms with Crippen molar-refractivity contribution in [3.05, 3.63) is 30.1 Å². The second kappa shape index (κ2) is 5.26. The van der Waals surface area contributed by atoms with E-state index in [1.807, 2.05) is 19.1 Å². The lowest BCUT2D eigenvalue weighted by Gasteiger charge is -2.13. The lowest BCUT2D eigenvalue weighted by molar-refractivity contribution is 0.379. The van der Waals surface area contributed by atoms with Crippen LogP contribution >= 0.6 is 0 Å². The first-order valence-electron chi connectivity index (χ1n) is 5.41. The van der Waals surface area contributed by atoms with Gasteiger partial charge in [0.25, 0.3) is 0 Å². The van der Waals surface area contributed by atoms with Crippen LogP contribution in [-0.4, -0.2) is 27.0 Å². The summed E-state index contributed by atoms with van der Waals surface area (Å²) >= 11 is 0. The molecule has 0 radical (unpaired) electrons. The summed E-state index contributed by atoms with van der Waals surface area (Å²) in [6.07, 6.45) is 3.50. The molecule has 0 saturated heterocycles. The minimum Gasteiger partial charge on any atom is -0.467 e. The molecule has 2 heterocycles. The summed E-state index contributed by atoms with van der Waals surface area (Å²) in [5, 5.41) is 3.11. The molecule has 1 unspecified atom stereocenters. The number of rotatable bonds is 4. The average Bonchev–Trinajstić information content (AvgIpc) is 2.39. The predicted octanol–water partition coefficient (Wildman–Crippen LogP) is 1.03. The Bertz CT molecular complexity index is 518. The van der Waals surface area contributed by atoms with Gasteiger partial charge in [-0.25, -0.2) is 0 Å². The normalized spacial score (nSPS) is 11.9. The molecule has 0 aromatic carbocycles. The molecule has 0 spiro atoms. The van der Waals surface area contributed by atoms with E-state index in [1.165, 1.54) is 7.11 Å². The standard InChI is InChI=1S/C11H14N6O/c1-7(8-4-3-5-13-6-8)14-10-15-9(12)16-11(17-10)18-2/h3-7H,1-2H3,(H3,12,14,15,16,17). The van der Waals surface area contributed by atoms with E-state index in [-0.39, 0.29) is 18.0 Å². The highest BCUT2D eigenvalue weighted by atomic mass is 16.5. The zero-order chi connectivity index (χ0) is 13.0. The topological polar surface area (TPSA) is 98.8 Å². The van der Waals surface area contributed by atoms with E-state index in [4.69, 9.17) is 10.5 Å². The Morgan fingerprint density at radius 1 is 1.33 bits per heavy atom. The van der Waals surface area contributed by atoms with Crippen molar-refractivity contribution >= 4 is 11.9 Å². The molecule has 0 aliphatic rings. The molecule has 0 bridgehead atoms. The monoisotopic (exact) mass is 246 g/mol. The van der Waals surface area contributed by atoms with Crippen LogP contribution in [0, 0.1) is 0 Å². The van der Waals surface area contributed by atoms with Crippen LogP contribution in [0.3, 0.4) is 0 Å². The molecule has 2 rings (SSSR count). The molecule has 1 atom stereocenters. The van der Waals surface area contributed by atoms with Gasteiger partial charge in [0, 0.05) is 12.4 Å². The summed E-state index contributed by atoms with van der Waals surface area (Å²) in [5.74, 6) is 0.485. The molecule has 7 nitrogen and oxygen atoms in total. The maximum Gasteiger partial charge on any atom is 0.322 e. The van der Waals surface area contributed by atoms with Crippen molar-refractivity contribution in [1.82, 2.24) is 19.9 Å². The largest absolute Gasteiger partial charge is 0.467 e. The summed E-state index contributed by atoms with van der Waals surface area (Å²) in [6, 6.07) is 4.02. The predicted molar refractivity (Wildman–Crippen MR) is 67.1 cm³/mol. The molecule has 2 aromatic heterocycles. The zero-order valence-electron chi connectivity index (χ0n) is 10.2. The van der Waals surface area contributed by atoms with Crippen LogP contribution in [0.2, 0.25) is 0 Å². The first-order valence-corrected chi connectivity index (χ1v) is 5.41. The van der Waals surface area contributed by atoms with Gasteiger partial charge < -0.3 is 15.8 Å². The van der Waals surface area contributed by atoms with Crippen LogP contribution < -0.4 is 15.8 Å². The lowest BCUT2D eigenvalue weighted by atomic mass is 10.1. The fraction of sp³-hybridized carbons (Fsp3) is 0.273. The highest BCUT2D eigenvalue weighted by molar-refractivity contribution is 5.35. The molecule has 94 valence electrons. The number of nitrogens with one attached hydrogen (secondary N) is 1. The molecule has 0 amide bonds. The Hall–Kier alpha value is -2.44. The van der Waals surface area contributed by atoms with E-state index in [0.717, 1.165) is 5.56 Å². The number of pyridine rings is 1. The van der Waals surface area contributed by atoms with Crippen LogP contribution in [0.25, 0.3) is 0 Å². The van der Waals surface area contributed by atoms with E-state index in [2.05, 4.69) is 25.3 Å². The van der Waals surface area contributed by atoms with Gasteiger partial charge in [-0.15, -0.1) is 0 Å². The minimum atomic E-state index is 0.00482. The van der Waals surface area contributed by atoms with Gasteiger partial charge in [0.05, 0.1) is 13.2 Å². The second-order valence-corrected chi connectivity index (χ2v) is 3.66. The van der Waals surface area contributed by atoms with Crippen molar-refractivity contribution in [3.63, 3.8) is 0 Å². The van der Waals surface area contributed by atoms with Gasteiger partial charge in [0.1, 0.15) is 0 Å². The Labute approximate surface area is 104 Å². The van der Waals surface area contributed by atoms with Crippen molar-refractivity contribution in [2.45, 2.75) is 13.0 Å². The Morgan fingerprint density at radius 2 is 2.17 bits per heavy atom. The summed E-state index contributed by atoms with van der Waals surface area (Å²) in [6.45, 7) is 1.98. The fourth-order valence-corrected chi connectivity index (χ4v) is 1.44. The van der Waals surface area contributed by atoms with Crippen molar-refractivity contribution in [3.8, 4) is 6.01 Å². The van der Waals surface area contributed by atoms with Crippen LogP contribution in [0.15, 0.2) is 24.5 Å². The van der Waals surface area contributed by atoms with Gasteiger partial charge >= 0.3 is 6.01 Å². The minimum absolute atomic E-state index is 0.00482. The van der Waals surface area contributed by atoms with Crippen LogP contribution in [0.1, 0.15) is 18.5 Å². The number of hydrogen-bond donors (Lipinski definition) is 2. The summed E-state index contributed by atoms with van der Waals surface area (Å²) in [4.78, 5) is 15.9. The van der Waals surface area contributed by atoms with E-state index in [1.54, 1.807) is 12.4 Å². The van der Waals surface area contributed by atoms with Crippen molar-refractivity contribution < 1.29 is 4.74 Å². The van der Waals surface area contributed by atoms with Crippen molar-refractivity contribution in [2.24, 2.45) is 0 Å². The maximum atomic E-state index is 5.55. The van der Waals surface area contributed by atoms with Gasteiger partial charge in [-0.2, -0.15) is 15.0 Å². The molecule has 2 aromatic rings. The van der Waals surface area contributed by atoms with Crippen molar-refractivity contribution in [2.75, 3.05) is 18.2 Å². The quantitative estimate of drug-likeness (QED) is 0.831. The molecular formula is C11H14N6O. The Balaban J connectivity index is 2.16. The maximum absolute atomic E-state index is 5.55. The third-order valence-electron chi connectivity index (χ3n) is 2.34. The van der Waals surface area contributed by atoms with Gasteiger partial charge in [0.15, 0.2) is 0 Å². The Morgan fingerprint density at radius 3 is 2.83 bits per heavy atom. The van der Waals surface area contributed by atoms with E-state index in [9.17, 15) is 0 Å². The van der Waals surface area contributed by atoms with Gasteiger partial charge in [0.2, 0.25) is 11.9 Å². The first kappa shape index (κ1) is 12.0. The summed E-state index contributed by atoms with van der Waals surface area (Å²) < 4.78 is 4.93. The van der Waals surface area contributed by atoms with E-state index in [0.29, 0.717) is 5.95 Å². The number of nitrogens with two attached hydrogens (primary N) is 1. The molecule has 7 heteroatoms. The highest BCUT2D eigenvalue weighted by Gasteiger charge is 2.09. The van der Waals surface area contributed by atoms with Crippen LogP contribution in [0.4, 0.5) is 11.9 Å². The molecule has 0 fully saturated rings. The van der Waals surface area contributed by atoms with E-state index < -0.39 is 0 Å². The number of aromatic nitrogens is 4. The number of nitrogens with zero attached hydrogens (tertiary/aromatic N) is 4. The van der Waals surface area contributed by atoms with E-state index >= 15 is 0 Å². The highest BCUT2D eigenvalue weighted by Crippen LogP contribution is 2.17. The molecule has 0 aliphatic heterocycles. The van der Waals surface area contributed by atoms with Crippen LogP contribution in [0.5, 0.6) is 6.01 Å².